The SMILES string of the molecule is O=C(O)CC1(NC(=O)N2CC(O)C(O)C2)CCCC1. The molecule has 1 saturated heterocycles. The summed E-state index contributed by atoms with van der Waals surface area (Å²) < 4.78 is 0. The van der Waals surface area contributed by atoms with Crippen LogP contribution in [0.5, 0.6) is 0 Å². The predicted molar refractivity (Wildman–Crippen MR) is 65.6 cm³/mol. The van der Waals surface area contributed by atoms with Crippen LogP contribution in [0.1, 0.15) is 32.1 Å². The van der Waals surface area contributed by atoms with Crippen molar-refractivity contribution in [1.82, 2.24) is 10.2 Å². The molecule has 1 aliphatic heterocycles. The van der Waals surface area contributed by atoms with Crippen LogP contribution in [0.15, 0.2) is 0 Å². The first-order valence-corrected chi connectivity index (χ1v) is 6.57. The Morgan fingerprint density at radius 1 is 1.16 bits per heavy atom. The molecule has 7 heteroatoms. The quantitative estimate of drug-likeness (QED) is 0.555. The molecular formula is C12H20N2O5. The standard InChI is InChI=1S/C12H20N2O5/c15-8-6-14(7-9(8)16)11(19)13-12(5-10(17)18)3-1-2-4-12/h8-9,15-16H,1-7H2,(H,13,19)(H,17,18). The number of hydrogen-bond acceptors (Lipinski definition) is 4. The minimum atomic E-state index is -0.927. The Morgan fingerprint density at radius 3 is 2.16 bits per heavy atom. The van der Waals surface area contributed by atoms with Gasteiger partial charge in [-0.15, -0.1) is 0 Å². The Bertz CT molecular complexity index is 357. The summed E-state index contributed by atoms with van der Waals surface area (Å²) in [6.07, 6.45) is 1.18. The molecule has 1 aliphatic carbocycles. The highest BCUT2D eigenvalue weighted by atomic mass is 16.4. The number of carboxylic acid groups (broad SMARTS) is 1. The van der Waals surface area contributed by atoms with Gasteiger partial charge in [-0.1, -0.05) is 12.8 Å². The third-order valence-electron chi connectivity index (χ3n) is 3.97. The van der Waals surface area contributed by atoms with Gasteiger partial charge >= 0.3 is 12.0 Å². The normalized spacial score (nSPS) is 29.5. The molecule has 19 heavy (non-hydrogen) atoms. The summed E-state index contributed by atoms with van der Waals surface area (Å²) in [5, 5.41) is 30.6. The number of likely N-dealkylation sites (tertiary alicyclic amines) is 1. The number of rotatable bonds is 3. The van der Waals surface area contributed by atoms with E-state index in [0.29, 0.717) is 12.8 Å². The third-order valence-corrected chi connectivity index (χ3v) is 3.97. The van der Waals surface area contributed by atoms with Crippen LogP contribution < -0.4 is 5.32 Å². The summed E-state index contributed by atoms with van der Waals surface area (Å²) in [6.45, 7) is 0.159. The number of hydrogen-bond donors (Lipinski definition) is 4. The number of carbonyl (C=O) groups is 2. The maximum Gasteiger partial charge on any atom is 0.318 e. The summed E-state index contributed by atoms with van der Waals surface area (Å²) in [5.41, 5.74) is -0.679. The van der Waals surface area contributed by atoms with Gasteiger partial charge in [0.05, 0.1) is 37.3 Å². The molecule has 2 rings (SSSR count). The first kappa shape index (κ1) is 14.1. The maximum atomic E-state index is 12.1. The number of carbonyl (C=O) groups excluding carboxylic acids is 1. The predicted octanol–water partition coefficient (Wildman–Crippen LogP) is -0.479. The van der Waals surface area contributed by atoms with Crippen LogP contribution >= 0.6 is 0 Å². The molecule has 1 heterocycles. The van der Waals surface area contributed by atoms with Crippen LogP contribution in [-0.2, 0) is 4.79 Å². The molecule has 1 saturated carbocycles. The van der Waals surface area contributed by atoms with Crippen molar-refractivity contribution < 1.29 is 24.9 Å². The average molecular weight is 272 g/mol. The van der Waals surface area contributed by atoms with E-state index in [-0.39, 0.29) is 19.5 Å². The van der Waals surface area contributed by atoms with E-state index >= 15 is 0 Å². The summed E-state index contributed by atoms with van der Waals surface area (Å²) >= 11 is 0. The van der Waals surface area contributed by atoms with Crippen LogP contribution in [-0.4, -0.2) is 63.1 Å². The number of amides is 2. The highest BCUT2D eigenvalue weighted by Crippen LogP contribution is 2.33. The Balaban J connectivity index is 1.98. The van der Waals surface area contributed by atoms with Crippen molar-refractivity contribution in [2.75, 3.05) is 13.1 Å². The third kappa shape index (κ3) is 3.16. The van der Waals surface area contributed by atoms with Gasteiger partial charge in [-0.2, -0.15) is 0 Å². The van der Waals surface area contributed by atoms with E-state index in [2.05, 4.69) is 5.32 Å². The number of β-amino-alcohol motifs (C(OH)–C–C–N with tert-alkyl or cyclic N) is 2. The fourth-order valence-corrected chi connectivity index (χ4v) is 2.93. The van der Waals surface area contributed by atoms with Crippen molar-refractivity contribution in [2.24, 2.45) is 0 Å². The molecule has 2 unspecified atom stereocenters. The number of carboxylic acids is 1. The number of nitrogens with zero attached hydrogens (tertiary/aromatic N) is 1. The zero-order valence-electron chi connectivity index (χ0n) is 10.7. The summed E-state index contributed by atoms with van der Waals surface area (Å²) in [4.78, 5) is 24.3. The fraction of sp³-hybridized carbons (Fsp3) is 0.833. The van der Waals surface area contributed by atoms with Crippen molar-refractivity contribution in [3.63, 3.8) is 0 Å². The lowest BCUT2D eigenvalue weighted by Gasteiger charge is -2.31. The van der Waals surface area contributed by atoms with Crippen LogP contribution in [0, 0.1) is 0 Å². The van der Waals surface area contributed by atoms with Gasteiger partial charge < -0.3 is 25.5 Å². The second-order valence-electron chi connectivity index (χ2n) is 5.53. The van der Waals surface area contributed by atoms with Crippen molar-refractivity contribution in [3.05, 3.63) is 0 Å². The number of aliphatic carboxylic acids is 1. The van der Waals surface area contributed by atoms with Gasteiger partial charge in [0.25, 0.3) is 0 Å². The Morgan fingerprint density at radius 2 is 1.68 bits per heavy atom. The summed E-state index contributed by atoms with van der Waals surface area (Å²) in [6, 6.07) is -0.404. The van der Waals surface area contributed by atoms with E-state index in [4.69, 9.17) is 5.11 Å². The smallest absolute Gasteiger partial charge is 0.318 e. The number of aliphatic hydroxyl groups is 2. The molecule has 7 nitrogen and oxygen atoms in total. The lowest BCUT2D eigenvalue weighted by atomic mass is 9.93. The second kappa shape index (κ2) is 5.34. The van der Waals surface area contributed by atoms with E-state index in [1.54, 1.807) is 0 Å². The Hall–Kier alpha value is -1.34. The summed E-state index contributed by atoms with van der Waals surface area (Å²) in [5.74, 6) is -0.927. The monoisotopic (exact) mass is 272 g/mol. The van der Waals surface area contributed by atoms with Crippen molar-refractivity contribution in [1.29, 1.82) is 0 Å². The first-order chi connectivity index (χ1) is 8.92. The molecule has 2 aliphatic rings. The Labute approximate surface area is 111 Å². The van der Waals surface area contributed by atoms with Crippen LogP contribution in [0.3, 0.4) is 0 Å². The van der Waals surface area contributed by atoms with Gasteiger partial charge in [-0.3, -0.25) is 4.79 Å². The maximum absolute atomic E-state index is 12.1. The highest BCUT2D eigenvalue weighted by molar-refractivity contribution is 5.77. The number of aliphatic hydroxyl groups excluding tert-OH is 2. The second-order valence-corrected chi connectivity index (χ2v) is 5.53. The van der Waals surface area contributed by atoms with Gasteiger partial charge in [0.15, 0.2) is 0 Å². The molecule has 2 amide bonds. The molecule has 0 aromatic rings. The molecule has 2 fully saturated rings. The fourth-order valence-electron chi connectivity index (χ4n) is 2.93. The van der Waals surface area contributed by atoms with Crippen LogP contribution in [0.2, 0.25) is 0 Å². The first-order valence-electron chi connectivity index (χ1n) is 6.57. The van der Waals surface area contributed by atoms with Crippen molar-refractivity contribution in [2.45, 2.75) is 49.9 Å². The summed E-state index contributed by atoms with van der Waals surface area (Å²) in [7, 11) is 0. The molecular weight excluding hydrogens is 252 g/mol. The molecule has 0 aromatic heterocycles. The van der Waals surface area contributed by atoms with E-state index < -0.39 is 29.7 Å². The highest BCUT2D eigenvalue weighted by Gasteiger charge is 2.40. The average Bonchev–Trinajstić information content (AvgIpc) is 2.87. The molecule has 0 bridgehead atoms. The minimum absolute atomic E-state index is 0.0795. The van der Waals surface area contributed by atoms with Crippen molar-refractivity contribution in [3.8, 4) is 0 Å². The lowest BCUT2D eigenvalue weighted by molar-refractivity contribution is -0.138. The van der Waals surface area contributed by atoms with E-state index in [1.165, 1.54) is 4.90 Å². The van der Waals surface area contributed by atoms with E-state index in [0.717, 1.165) is 12.8 Å². The van der Waals surface area contributed by atoms with Gasteiger partial charge in [-0.25, -0.2) is 4.79 Å². The van der Waals surface area contributed by atoms with Crippen molar-refractivity contribution >= 4 is 12.0 Å². The molecule has 4 N–H and O–H groups in total. The number of nitrogens with one attached hydrogen (secondary N) is 1. The van der Waals surface area contributed by atoms with E-state index in [1.807, 2.05) is 0 Å². The van der Waals surface area contributed by atoms with Gasteiger partial charge in [-0.05, 0) is 12.8 Å². The Kier molecular flexibility index (Phi) is 3.96. The number of urea groups is 1. The van der Waals surface area contributed by atoms with Crippen LogP contribution in [0.25, 0.3) is 0 Å². The molecule has 0 spiro atoms. The van der Waals surface area contributed by atoms with E-state index in [9.17, 15) is 19.8 Å². The molecule has 0 aromatic carbocycles. The zero-order chi connectivity index (χ0) is 14.0. The van der Waals surface area contributed by atoms with Crippen LogP contribution in [0.4, 0.5) is 4.79 Å². The largest absolute Gasteiger partial charge is 0.481 e. The molecule has 0 radical (unpaired) electrons. The minimum Gasteiger partial charge on any atom is -0.481 e. The molecule has 108 valence electrons. The molecule has 2 atom stereocenters. The lowest BCUT2D eigenvalue weighted by Crippen LogP contribution is -2.52. The topological polar surface area (TPSA) is 110 Å². The zero-order valence-corrected chi connectivity index (χ0v) is 10.7. The van der Waals surface area contributed by atoms with Gasteiger partial charge in [0.1, 0.15) is 0 Å². The van der Waals surface area contributed by atoms with Gasteiger partial charge in [0.2, 0.25) is 0 Å². The van der Waals surface area contributed by atoms with Gasteiger partial charge in [0, 0.05) is 0 Å².